The summed E-state index contributed by atoms with van der Waals surface area (Å²) in [5.41, 5.74) is 3.88. The molecule has 0 bridgehead atoms. The van der Waals surface area contributed by atoms with Crippen molar-refractivity contribution in [3.05, 3.63) is 53.3 Å². The number of nitrogens with one attached hydrogen (secondary N) is 1. The minimum Gasteiger partial charge on any atom is -0.309 e. The maximum absolute atomic E-state index is 4.50. The molecular weight excluding hydrogens is 246 g/mol. The van der Waals surface area contributed by atoms with Gasteiger partial charge >= 0.3 is 0 Å². The summed E-state index contributed by atoms with van der Waals surface area (Å²) in [6, 6.07) is 13.5. The molecule has 0 radical (unpaired) electrons. The van der Waals surface area contributed by atoms with Crippen LogP contribution in [0.25, 0.3) is 0 Å². The number of benzene rings is 1. The van der Waals surface area contributed by atoms with Gasteiger partial charge in [0, 0.05) is 7.05 Å². The molecule has 0 aliphatic heterocycles. The molecule has 0 saturated heterocycles. The molecule has 20 heavy (non-hydrogen) atoms. The third-order valence-electron chi connectivity index (χ3n) is 4.28. The monoisotopic (exact) mass is 269 g/mol. The molecule has 3 rings (SSSR count). The van der Waals surface area contributed by atoms with Gasteiger partial charge in [-0.25, -0.2) is 0 Å². The molecule has 0 spiro atoms. The zero-order valence-electron chi connectivity index (χ0n) is 12.5. The lowest BCUT2D eigenvalue weighted by Crippen LogP contribution is -2.25. The fourth-order valence-corrected chi connectivity index (χ4v) is 3.28. The molecule has 106 valence electrons. The SMILES string of the molecule is CCNC(c1cc(C)nn1C)C1CC1c1ccccc1. The van der Waals surface area contributed by atoms with E-state index < -0.39 is 0 Å². The van der Waals surface area contributed by atoms with Crippen molar-refractivity contribution in [3.8, 4) is 0 Å². The first-order valence-electron chi connectivity index (χ1n) is 7.49. The van der Waals surface area contributed by atoms with Gasteiger partial charge in [0.15, 0.2) is 0 Å². The van der Waals surface area contributed by atoms with Gasteiger partial charge in [-0.05, 0) is 43.4 Å². The van der Waals surface area contributed by atoms with Crippen molar-refractivity contribution in [1.29, 1.82) is 0 Å². The Morgan fingerprint density at radius 3 is 2.70 bits per heavy atom. The smallest absolute Gasteiger partial charge is 0.0597 e. The largest absolute Gasteiger partial charge is 0.309 e. The number of nitrogens with zero attached hydrogens (tertiary/aromatic N) is 2. The minimum absolute atomic E-state index is 0.413. The molecule has 3 atom stereocenters. The second-order valence-corrected chi connectivity index (χ2v) is 5.79. The van der Waals surface area contributed by atoms with Gasteiger partial charge in [0.05, 0.1) is 17.4 Å². The summed E-state index contributed by atoms with van der Waals surface area (Å²) in [5.74, 6) is 1.38. The number of hydrogen-bond acceptors (Lipinski definition) is 2. The van der Waals surface area contributed by atoms with E-state index in [9.17, 15) is 0 Å². The van der Waals surface area contributed by atoms with E-state index in [0.29, 0.717) is 17.9 Å². The number of aromatic nitrogens is 2. The Hall–Kier alpha value is -1.61. The van der Waals surface area contributed by atoms with Crippen LogP contribution < -0.4 is 5.32 Å². The molecule has 3 nitrogen and oxygen atoms in total. The molecule has 2 aromatic rings. The van der Waals surface area contributed by atoms with Crippen LogP contribution in [0.15, 0.2) is 36.4 Å². The molecule has 3 unspecified atom stereocenters. The zero-order valence-corrected chi connectivity index (χ0v) is 12.5. The van der Waals surface area contributed by atoms with Gasteiger partial charge in [0.2, 0.25) is 0 Å². The molecule has 1 saturated carbocycles. The fourth-order valence-electron chi connectivity index (χ4n) is 3.28. The molecule has 1 N–H and O–H groups in total. The molecule has 1 heterocycles. The Morgan fingerprint density at radius 1 is 1.35 bits per heavy atom. The summed E-state index contributed by atoms with van der Waals surface area (Å²) in [4.78, 5) is 0. The van der Waals surface area contributed by atoms with E-state index in [2.05, 4.69) is 60.7 Å². The molecule has 1 aliphatic rings. The van der Waals surface area contributed by atoms with E-state index in [1.165, 1.54) is 17.7 Å². The maximum Gasteiger partial charge on any atom is 0.0597 e. The van der Waals surface area contributed by atoms with Gasteiger partial charge in [-0.1, -0.05) is 37.3 Å². The maximum atomic E-state index is 4.50. The summed E-state index contributed by atoms with van der Waals surface area (Å²) in [6.07, 6.45) is 1.27. The lowest BCUT2D eigenvalue weighted by molar-refractivity contribution is 0.455. The number of aryl methyl sites for hydroxylation is 2. The summed E-state index contributed by atoms with van der Waals surface area (Å²) in [7, 11) is 2.05. The van der Waals surface area contributed by atoms with Crippen molar-refractivity contribution >= 4 is 0 Å². The van der Waals surface area contributed by atoms with E-state index in [-0.39, 0.29) is 0 Å². The second-order valence-electron chi connectivity index (χ2n) is 5.79. The molecule has 1 aromatic carbocycles. The van der Waals surface area contributed by atoms with Crippen molar-refractivity contribution in [1.82, 2.24) is 15.1 Å². The predicted octanol–water partition coefficient (Wildman–Crippen LogP) is 3.18. The van der Waals surface area contributed by atoms with E-state index in [1.807, 2.05) is 11.7 Å². The normalized spacial score (nSPS) is 22.8. The highest BCUT2D eigenvalue weighted by Gasteiger charge is 2.44. The second kappa shape index (κ2) is 5.41. The Bertz CT molecular complexity index is 573. The highest BCUT2D eigenvalue weighted by Crippen LogP contribution is 2.53. The van der Waals surface area contributed by atoms with E-state index >= 15 is 0 Å². The lowest BCUT2D eigenvalue weighted by Gasteiger charge is -2.18. The first-order chi connectivity index (χ1) is 9.70. The van der Waals surface area contributed by atoms with Gasteiger partial charge in [-0.2, -0.15) is 5.10 Å². The Labute approximate surface area is 121 Å². The zero-order chi connectivity index (χ0) is 14.1. The number of rotatable bonds is 5. The van der Waals surface area contributed by atoms with Gasteiger partial charge in [0.1, 0.15) is 0 Å². The van der Waals surface area contributed by atoms with Gasteiger partial charge < -0.3 is 5.32 Å². The third-order valence-corrected chi connectivity index (χ3v) is 4.28. The van der Waals surface area contributed by atoms with Crippen molar-refractivity contribution in [2.45, 2.75) is 32.2 Å². The highest BCUT2D eigenvalue weighted by molar-refractivity contribution is 5.29. The number of hydrogen-bond donors (Lipinski definition) is 1. The molecule has 0 amide bonds. The summed E-state index contributed by atoms with van der Waals surface area (Å²) >= 11 is 0. The first kappa shape index (κ1) is 13.4. The van der Waals surface area contributed by atoms with Crippen LogP contribution in [0, 0.1) is 12.8 Å². The summed E-state index contributed by atoms with van der Waals surface area (Å²) < 4.78 is 2.03. The minimum atomic E-state index is 0.413. The van der Waals surface area contributed by atoms with E-state index in [1.54, 1.807) is 0 Å². The standard InChI is InChI=1S/C17H23N3/c1-4-18-17(16-10-12(2)19-20(16)3)15-11-14(15)13-8-6-5-7-9-13/h5-10,14-15,17-18H,4,11H2,1-3H3. The van der Waals surface area contributed by atoms with Crippen LogP contribution in [0.5, 0.6) is 0 Å². The Balaban J connectivity index is 1.81. The lowest BCUT2D eigenvalue weighted by atomic mass is 10.0. The summed E-state index contributed by atoms with van der Waals surface area (Å²) in [5, 5.41) is 8.15. The van der Waals surface area contributed by atoms with Crippen LogP contribution in [0.2, 0.25) is 0 Å². The third kappa shape index (κ3) is 2.50. The van der Waals surface area contributed by atoms with Crippen LogP contribution in [0.1, 0.15) is 42.3 Å². The van der Waals surface area contributed by atoms with Gasteiger partial charge in [0.25, 0.3) is 0 Å². The van der Waals surface area contributed by atoms with Gasteiger partial charge in [-0.15, -0.1) is 0 Å². The average Bonchev–Trinajstić information content (AvgIpc) is 3.17. The molecule has 1 aliphatic carbocycles. The molecular formula is C17H23N3. The van der Waals surface area contributed by atoms with Crippen molar-refractivity contribution in [3.63, 3.8) is 0 Å². The average molecular weight is 269 g/mol. The fraction of sp³-hybridized carbons (Fsp3) is 0.471. The Morgan fingerprint density at radius 2 is 2.10 bits per heavy atom. The highest BCUT2D eigenvalue weighted by atomic mass is 15.3. The van der Waals surface area contributed by atoms with E-state index in [0.717, 1.165) is 12.2 Å². The molecule has 1 fully saturated rings. The summed E-state index contributed by atoms with van der Waals surface area (Å²) in [6.45, 7) is 5.23. The van der Waals surface area contributed by atoms with Crippen molar-refractivity contribution in [2.75, 3.05) is 6.54 Å². The topological polar surface area (TPSA) is 29.9 Å². The molecule has 3 heteroatoms. The van der Waals surface area contributed by atoms with Crippen LogP contribution >= 0.6 is 0 Å². The quantitative estimate of drug-likeness (QED) is 0.903. The Kier molecular flexibility index (Phi) is 3.62. The first-order valence-corrected chi connectivity index (χ1v) is 7.49. The van der Waals surface area contributed by atoms with E-state index in [4.69, 9.17) is 0 Å². The molecule has 1 aromatic heterocycles. The van der Waals surface area contributed by atoms with Gasteiger partial charge in [-0.3, -0.25) is 4.68 Å². The van der Waals surface area contributed by atoms with Crippen LogP contribution in [0.4, 0.5) is 0 Å². The van der Waals surface area contributed by atoms with Crippen molar-refractivity contribution < 1.29 is 0 Å². The van der Waals surface area contributed by atoms with Crippen LogP contribution in [-0.4, -0.2) is 16.3 Å². The van der Waals surface area contributed by atoms with Crippen LogP contribution in [-0.2, 0) is 7.05 Å². The predicted molar refractivity (Wildman–Crippen MR) is 81.7 cm³/mol. The van der Waals surface area contributed by atoms with Crippen molar-refractivity contribution in [2.24, 2.45) is 13.0 Å². The van der Waals surface area contributed by atoms with Crippen LogP contribution in [0.3, 0.4) is 0 Å².